The van der Waals surface area contributed by atoms with E-state index in [0.29, 0.717) is 23.5 Å². The number of furan rings is 1. The summed E-state index contributed by atoms with van der Waals surface area (Å²) in [5.74, 6) is -0.225. The van der Waals surface area contributed by atoms with Crippen LogP contribution in [0.4, 0.5) is 0 Å². The number of fused-ring (bicyclic) bond motifs is 1. The molecule has 0 spiro atoms. The van der Waals surface area contributed by atoms with Crippen molar-refractivity contribution in [1.82, 2.24) is 15.8 Å². The first kappa shape index (κ1) is 16.5. The molecule has 7 heteroatoms. The van der Waals surface area contributed by atoms with Crippen molar-refractivity contribution in [3.8, 4) is 5.75 Å². The number of aryl methyl sites for hydroxylation is 1. The first-order chi connectivity index (χ1) is 12.1. The second kappa shape index (κ2) is 7.04. The molecule has 2 heterocycles. The van der Waals surface area contributed by atoms with Gasteiger partial charge in [0.2, 0.25) is 0 Å². The lowest BCUT2D eigenvalue weighted by Crippen LogP contribution is -2.42. The number of nitrogens with zero attached hydrogens (tertiary/aromatic N) is 1. The molecule has 25 heavy (non-hydrogen) atoms. The van der Waals surface area contributed by atoms with E-state index in [2.05, 4.69) is 15.8 Å². The second-order valence-electron chi connectivity index (χ2n) is 5.27. The monoisotopic (exact) mass is 339 g/mol. The molecule has 0 atom stereocenters. The zero-order chi connectivity index (χ0) is 17.8. The first-order valence-electron chi connectivity index (χ1n) is 7.77. The van der Waals surface area contributed by atoms with Gasteiger partial charge in [0.15, 0.2) is 5.76 Å². The molecule has 0 unspecified atom stereocenters. The number of rotatable bonds is 4. The highest BCUT2D eigenvalue weighted by Gasteiger charge is 2.19. The zero-order valence-electron chi connectivity index (χ0n) is 13.8. The van der Waals surface area contributed by atoms with Gasteiger partial charge in [-0.2, -0.15) is 0 Å². The Labute approximate surface area is 144 Å². The highest BCUT2D eigenvalue weighted by molar-refractivity contribution is 6.01. The molecule has 0 aliphatic carbocycles. The number of hydrogen-bond acceptors (Lipinski definition) is 5. The topological polar surface area (TPSA) is 93.5 Å². The van der Waals surface area contributed by atoms with Crippen molar-refractivity contribution in [3.63, 3.8) is 0 Å². The molecule has 1 aromatic carbocycles. The van der Waals surface area contributed by atoms with Crippen LogP contribution in [0.2, 0.25) is 0 Å². The van der Waals surface area contributed by atoms with Crippen LogP contribution < -0.4 is 15.6 Å². The van der Waals surface area contributed by atoms with Gasteiger partial charge in [0.1, 0.15) is 17.0 Å². The number of aromatic nitrogens is 1. The Morgan fingerprint density at radius 2 is 1.96 bits per heavy atom. The van der Waals surface area contributed by atoms with Gasteiger partial charge in [-0.15, -0.1) is 0 Å². The normalized spacial score (nSPS) is 10.5. The predicted molar refractivity (Wildman–Crippen MR) is 91.3 cm³/mol. The van der Waals surface area contributed by atoms with Crippen LogP contribution in [-0.4, -0.2) is 23.4 Å². The molecule has 2 amide bonds. The number of hydrazine groups is 1. The first-order valence-corrected chi connectivity index (χ1v) is 7.77. The Bertz CT molecular complexity index is 919. The van der Waals surface area contributed by atoms with E-state index in [1.54, 1.807) is 37.3 Å². The Morgan fingerprint density at radius 3 is 2.68 bits per heavy atom. The number of nitrogens with one attached hydrogen (secondary N) is 2. The molecule has 128 valence electrons. The third-order valence-electron chi connectivity index (χ3n) is 3.61. The lowest BCUT2D eigenvalue weighted by atomic mass is 10.1. The highest BCUT2D eigenvalue weighted by Crippen LogP contribution is 2.28. The van der Waals surface area contributed by atoms with Crippen molar-refractivity contribution >= 4 is 22.8 Å². The Kier molecular flexibility index (Phi) is 4.65. The van der Waals surface area contributed by atoms with Gasteiger partial charge < -0.3 is 9.15 Å². The molecule has 0 bridgehead atoms. The van der Waals surface area contributed by atoms with Crippen LogP contribution in [0.5, 0.6) is 5.75 Å². The lowest BCUT2D eigenvalue weighted by Gasteiger charge is -2.05. The van der Waals surface area contributed by atoms with E-state index in [-0.39, 0.29) is 11.5 Å². The molecule has 0 fully saturated rings. The van der Waals surface area contributed by atoms with E-state index in [1.165, 1.54) is 6.20 Å². The van der Waals surface area contributed by atoms with Crippen molar-refractivity contribution in [2.24, 2.45) is 0 Å². The van der Waals surface area contributed by atoms with Gasteiger partial charge in [-0.3, -0.25) is 25.4 Å². The van der Waals surface area contributed by atoms with Crippen molar-refractivity contribution in [1.29, 1.82) is 0 Å². The lowest BCUT2D eigenvalue weighted by molar-refractivity contribution is 0.0829. The minimum Gasteiger partial charge on any atom is -0.494 e. The molecule has 2 N–H and O–H groups in total. The second-order valence-corrected chi connectivity index (χ2v) is 5.27. The summed E-state index contributed by atoms with van der Waals surface area (Å²) < 4.78 is 11.1. The summed E-state index contributed by atoms with van der Waals surface area (Å²) in [4.78, 5) is 28.1. The molecule has 2 aromatic heterocycles. The maximum Gasteiger partial charge on any atom is 0.305 e. The average Bonchev–Trinajstić information content (AvgIpc) is 2.97. The summed E-state index contributed by atoms with van der Waals surface area (Å²) in [5.41, 5.74) is 6.09. The van der Waals surface area contributed by atoms with Gasteiger partial charge >= 0.3 is 5.91 Å². The van der Waals surface area contributed by atoms with Crippen molar-refractivity contribution in [2.75, 3.05) is 6.61 Å². The van der Waals surface area contributed by atoms with E-state index < -0.39 is 11.8 Å². The summed E-state index contributed by atoms with van der Waals surface area (Å²) in [5, 5.41) is 0.784. The molecule has 0 aliphatic rings. The molecule has 0 aliphatic heterocycles. The van der Waals surface area contributed by atoms with Gasteiger partial charge in [-0.25, -0.2) is 0 Å². The van der Waals surface area contributed by atoms with Crippen molar-refractivity contribution < 1.29 is 18.7 Å². The summed E-state index contributed by atoms with van der Waals surface area (Å²) in [6, 6.07) is 10.3. The van der Waals surface area contributed by atoms with E-state index in [4.69, 9.17) is 9.15 Å². The van der Waals surface area contributed by atoms with Crippen LogP contribution in [0.15, 0.2) is 47.0 Å². The fourth-order valence-corrected chi connectivity index (χ4v) is 2.40. The number of carbonyl (C=O) groups is 2. The molecule has 0 saturated heterocycles. The molecule has 7 nitrogen and oxygen atoms in total. The minimum absolute atomic E-state index is 0.130. The van der Waals surface area contributed by atoms with Gasteiger partial charge in [0, 0.05) is 17.1 Å². The van der Waals surface area contributed by atoms with E-state index >= 15 is 0 Å². The van der Waals surface area contributed by atoms with Crippen molar-refractivity contribution in [3.05, 3.63) is 59.6 Å². The van der Waals surface area contributed by atoms with Gasteiger partial charge in [0.25, 0.3) is 5.91 Å². The Hall–Kier alpha value is -3.35. The number of ether oxygens (including phenoxy) is 1. The summed E-state index contributed by atoms with van der Waals surface area (Å²) in [6.07, 6.45) is 1.50. The molecular weight excluding hydrogens is 322 g/mol. The quantitative estimate of drug-likeness (QED) is 0.713. The van der Waals surface area contributed by atoms with Crippen LogP contribution in [0.25, 0.3) is 11.0 Å². The van der Waals surface area contributed by atoms with Crippen LogP contribution >= 0.6 is 0 Å². The average molecular weight is 339 g/mol. The summed E-state index contributed by atoms with van der Waals surface area (Å²) in [6.45, 7) is 4.22. The number of benzene rings is 1. The SMILES string of the molecule is CCOc1ccc2oc(C(=O)NNC(=O)c3ccccn3)c(C)c2c1. The smallest absolute Gasteiger partial charge is 0.305 e. The Morgan fingerprint density at radius 1 is 1.16 bits per heavy atom. The fraction of sp³-hybridized carbons (Fsp3) is 0.167. The third kappa shape index (κ3) is 3.45. The standard InChI is InChI=1S/C18H17N3O4/c1-3-24-12-7-8-15-13(10-12)11(2)16(25-15)18(23)21-20-17(22)14-6-4-5-9-19-14/h4-10H,3H2,1-2H3,(H,20,22)(H,21,23). The zero-order valence-corrected chi connectivity index (χ0v) is 13.8. The molecule has 3 rings (SSSR count). The fourth-order valence-electron chi connectivity index (χ4n) is 2.40. The molecule has 0 saturated carbocycles. The molecular formula is C18H17N3O4. The number of hydrogen-bond donors (Lipinski definition) is 2. The van der Waals surface area contributed by atoms with Crippen molar-refractivity contribution in [2.45, 2.75) is 13.8 Å². The van der Waals surface area contributed by atoms with Gasteiger partial charge in [-0.05, 0) is 44.2 Å². The van der Waals surface area contributed by atoms with Crippen LogP contribution in [0.3, 0.4) is 0 Å². The minimum atomic E-state index is -0.545. The van der Waals surface area contributed by atoms with Crippen LogP contribution in [-0.2, 0) is 0 Å². The Balaban J connectivity index is 1.76. The maximum absolute atomic E-state index is 12.3. The number of carbonyl (C=O) groups excluding carboxylic acids is 2. The number of amides is 2. The predicted octanol–water partition coefficient (Wildman–Crippen LogP) is 2.61. The van der Waals surface area contributed by atoms with Crippen LogP contribution in [0.1, 0.15) is 33.5 Å². The van der Waals surface area contributed by atoms with E-state index in [0.717, 1.165) is 5.39 Å². The number of pyridine rings is 1. The van der Waals surface area contributed by atoms with Crippen LogP contribution in [0, 0.1) is 6.92 Å². The van der Waals surface area contributed by atoms with E-state index in [1.807, 2.05) is 13.0 Å². The molecule has 0 radical (unpaired) electrons. The molecule has 3 aromatic rings. The van der Waals surface area contributed by atoms with E-state index in [9.17, 15) is 9.59 Å². The largest absolute Gasteiger partial charge is 0.494 e. The summed E-state index contributed by atoms with van der Waals surface area (Å²) in [7, 11) is 0. The third-order valence-corrected chi connectivity index (χ3v) is 3.61. The maximum atomic E-state index is 12.3. The highest BCUT2D eigenvalue weighted by atomic mass is 16.5. The summed E-state index contributed by atoms with van der Waals surface area (Å²) >= 11 is 0. The van der Waals surface area contributed by atoms with Gasteiger partial charge in [-0.1, -0.05) is 6.07 Å². The van der Waals surface area contributed by atoms with Gasteiger partial charge in [0.05, 0.1) is 6.61 Å².